The van der Waals surface area contributed by atoms with Gasteiger partial charge in [-0.15, -0.1) is 0 Å². The quantitative estimate of drug-likeness (QED) is 0.627. The van der Waals surface area contributed by atoms with Crippen molar-refractivity contribution in [2.45, 2.75) is 52.5 Å². The molecule has 0 unspecified atom stereocenters. The molecule has 1 saturated heterocycles. The van der Waals surface area contributed by atoms with Crippen LogP contribution in [0.4, 0.5) is 0 Å². The maximum atomic E-state index is 12.5. The van der Waals surface area contributed by atoms with Crippen LogP contribution in [0.3, 0.4) is 0 Å². The van der Waals surface area contributed by atoms with E-state index in [1.165, 1.54) is 32.2 Å². The zero-order chi connectivity index (χ0) is 20.4. The average molecular weight is 390 g/mol. The highest BCUT2D eigenvalue weighted by Gasteiger charge is 2.22. The largest absolute Gasteiger partial charge is 0.496 e. The van der Waals surface area contributed by atoms with Crippen LogP contribution in [0.15, 0.2) is 24.3 Å². The summed E-state index contributed by atoms with van der Waals surface area (Å²) in [5, 5.41) is 3.12. The molecule has 1 aliphatic heterocycles. The van der Waals surface area contributed by atoms with E-state index >= 15 is 0 Å². The van der Waals surface area contributed by atoms with Crippen LogP contribution in [0.1, 0.15) is 58.1 Å². The first-order valence-corrected chi connectivity index (χ1v) is 10.9. The number of rotatable bonds is 11. The van der Waals surface area contributed by atoms with Crippen LogP contribution in [-0.2, 0) is 4.79 Å². The number of methoxy groups -OCH3 is 1. The summed E-state index contributed by atoms with van der Waals surface area (Å²) in [5.74, 6) is 1.74. The van der Waals surface area contributed by atoms with E-state index in [0.29, 0.717) is 6.54 Å². The van der Waals surface area contributed by atoms with Gasteiger partial charge < -0.3 is 15.0 Å². The van der Waals surface area contributed by atoms with E-state index in [9.17, 15) is 4.79 Å². The molecule has 2 rings (SSSR count). The van der Waals surface area contributed by atoms with Gasteiger partial charge in [0.2, 0.25) is 5.91 Å². The van der Waals surface area contributed by atoms with Crippen molar-refractivity contribution in [2.75, 3.05) is 46.4 Å². The number of likely N-dealkylation sites (tertiary alicyclic amines) is 1. The van der Waals surface area contributed by atoms with E-state index in [2.05, 4.69) is 29.0 Å². The molecule has 5 nitrogen and oxygen atoms in total. The summed E-state index contributed by atoms with van der Waals surface area (Å²) >= 11 is 0. The van der Waals surface area contributed by atoms with Crippen LogP contribution in [0, 0.1) is 5.92 Å². The predicted octanol–water partition coefficient (Wildman–Crippen LogP) is 3.71. The molecule has 0 saturated carbocycles. The molecular formula is C23H39N3O2. The summed E-state index contributed by atoms with van der Waals surface area (Å²) < 4.78 is 5.41. The smallest absolute Gasteiger partial charge is 0.234 e. The standard InChI is InChI=1S/C23H39N3O2/c1-5-25(6-2)15-9-10-20-13-16-26(17-14-20)18-23(27)24-19(3)21-11-7-8-12-22(21)28-4/h7-8,11-12,19-20H,5-6,9-10,13-18H2,1-4H3,(H,24,27)/t19-/m0/s1. The van der Waals surface area contributed by atoms with Gasteiger partial charge in [0, 0.05) is 5.56 Å². The van der Waals surface area contributed by atoms with Gasteiger partial charge in [0.25, 0.3) is 0 Å². The second-order valence-electron chi connectivity index (χ2n) is 7.92. The number of amides is 1. The lowest BCUT2D eigenvalue weighted by Gasteiger charge is -2.32. The summed E-state index contributed by atoms with van der Waals surface area (Å²) in [5.41, 5.74) is 1.02. The molecule has 158 valence electrons. The fourth-order valence-corrected chi connectivity index (χ4v) is 4.17. The molecule has 1 amide bonds. The maximum absolute atomic E-state index is 12.5. The predicted molar refractivity (Wildman–Crippen MR) is 116 cm³/mol. The minimum absolute atomic E-state index is 0.0544. The number of piperidine rings is 1. The van der Waals surface area contributed by atoms with Crippen LogP contribution in [-0.4, -0.2) is 62.1 Å². The van der Waals surface area contributed by atoms with Gasteiger partial charge >= 0.3 is 0 Å². The monoisotopic (exact) mass is 389 g/mol. The number of carbonyl (C=O) groups is 1. The van der Waals surface area contributed by atoms with Crippen molar-refractivity contribution in [2.24, 2.45) is 5.92 Å². The summed E-state index contributed by atoms with van der Waals surface area (Å²) in [6, 6.07) is 7.81. The molecule has 0 radical (unpaired) electrons. The number of hydrogen-bond acceptors (Lipinski definition) is 4. The minimum Gasteiger partial charge on any atom is -0.496 e. The van der Waals surface area contributed by atoms with Crippen molar-refractivity contribution in [1.29, 1.82) is 0 Å². The number of para-hydroxylation sites is 1. The van der Waals surface area contributed by atoms with Crippen LogP contribution in [0.25, 0.3) is 0 Å². The highest BCUT2D eigenvalue weighted by molar-refractivity contribution is 5.78. The first-order valence-electron chi connectivity index (χ1n) is 10.9. The van der Waals surface area contributed by atoms with E-state index in [1.54, 1.807) is 7.11 Å². The van der Waals surface area contributed by atoms with Crippen molar-refractivity contribution in [3.8, 4) is 5.75 Å². The lowest BCUT2D eigenvalue weighted by Crippen LogP contribution is -2.42. The Bertz CT molecular complexity index is 581. The topological polar surface area (TPSA) is 44.8 Å². The molecular weight excluding hydrogens is 350 g/mol. The van der Waals surface area contributed by atoms with Crippen molar-refractivity contribution in [1.82, 2.24) is 15.1 Å². The molecule has 1 N–H and O–H groups in total. The fraction of sp³-hybridized carbons (Fsp3) is 0.696. The molecule has 5 heteroatoms. The molecule has 1 aliphatic rings. The number of ether oxygens (including phenoxy) is 1. The summed E-state index contributed by atoms with van der Waals surface area (Å²) in [4.78, 5) is 17.3. The molecule has 1 fully saturated rings. The molecule has 1 atom stereocenters. The Morgan fingerprint density at radius 1 is 1.25 bits per heavy atom. The number of benzene rings is 1. The second-order valence-corrected chi connectivity index (χ2v) is 7.92. The van der Waals surface area contributed by atoms with Crippen LogP contribution < -0.4 is 10.1 Å². The van der Waals surface area contributed by atoms with Gasteiger partial charge in [-0.05, 0) is 77.3 Å². The maximum Gasteiger partial charge on any atom is 0.234 e. The normalized spacial score (nSPS) is 16.9. The fourth-order valence-electron chi connectivity index (χ4n) is 4.17. The van der Waals surface area contributed by atoms with Gasteiger partial charge in [-0.1, -0.05) is 32.0 Å². The van der Waals surface area contributed by atoms with E-state index < -0.39 is 0 Å². The zero-order valence-electron chi connectivity index (χ0n) is 18.2. The highest BCUT2D eigenvalue weighted by Crippen LogP contribution is 2.25. The average Bonchev–Trinajstić information content (AvgIpc) is 2.72. The van der Waals surface area contributed by atoms with Crippen LogP contribution in [0.2, 0.25) is 0 Å². The summed E-state index contributed by atoms with van der Waals surface area (Å²) in [7, 11) is 1.67. The Hall–Kier alpha value is -1.59. The Kier molecular flexibility index (Phi) is 9.79. The minimum atomic E-state index is -0.0544. The number of nitrogens with one attached hydrogen (secondary N) is 1. The van der Waals surface area contributed by atoms with E-state index in [0.717, 1.165) is 43.4 Å². The molecule has 1 aromatic carbocycles. The van der Waals surface area contributed by atoms with Crippen molar-refractivity contribution in [3.63, 3.8) is 0 Å². The Morgan fingerprint density at radius 2 is 1.93 bits per heavy atom. The van der Waals surface area contributed by atoms with Crippen LogP contribution >= 0.6 is 0 Å². The lowest BCUT2D eigenvalue weighted by atomic mass is 9.92. The SMILES string of the molecule is CCN(CC)CCCC1CCN(CC(=O)N[C@@H](C)c2ccccc2OC)CC1. The van der Waals surface area contributed by atoms with E-state index in [4.69, 9.17) is 4.74 Å². The molecule has 28 heavy (non-hydrogen) atoms. The lowest BCUT2D eigenvalue weighted by molar-refractivity contribution is -0.123. The van der Waals surface area contributed by atoms with Crippen molar-refractivity contribution >= 4 is 5.91 Å². The molecule has 0 aliphatic carbocycles. The van der Waals surface area contributed by atoms with E-state index in [-0.39, 0.29) is 11.9 Å². The first kappa shape index (κ1) is 22.7. The number of carbonyl (C=O) groups excluding carboxylic acids is 1. The van der Waals surface area contributed by atoms with Gasteiger partial charge in [0.05, 0.1) is 19.7 Å². The van der Waals surface area contributed by atoms with Crippen molar-refractivity contribution in [3.05, 3.63) is 29.8 Å². The van der Waals surface area contributed by atoms with Gasteiger partial charge in [0.15, 0.2) is 0 Å². The third-order valence-electron chi connectivity index (χ3n) is 6.04. The summed E-state index contributed by atoms with van der Waals surface area (Å²) in [6.45, 7) is 12.6. The first-order chi connectivity index (χ1) is 13.6. The zero-order valence-corrected chi connectivity index (χ0v) is 18.2. The van der Waals surface area contributed by atoms with Gasteiger partial charge in [-0.25, -0.2) is 0 Å². The molecule has 1 aromatic rings. The third-order valence-corrected chi connectivity index (χ3v) is 6.04. The second kappa shape index (κ2) is 12.1. The Labute approximate surface area is 171 Å². The third kappa shape index (κ3) is 7.10. The molecule has 0 aromatic heterocycles. The van der Waals surface area contributed by atoms with Gasteiger partial charge in [-0.3, -0.25) is 9.69 Å². The van der Waals surface area contributed by atoms with E-state index in [1.807, 2.05) is 31.2 Å². The van der Waals surface area contributed by atoms with Crippen molar-refractivity contribution < 1.29 is 9.53 Å². The Balaban J connectivity index is 1.69. The van der Waals surface area contributed by atoms with Gasteiger partial charge in [0.1, 0.15) is 5.75 Å². The molecule has 0 bridgehead atoms. The van der Waals surface area contributed by atoms with Gasteiger partial charge in [-0.2, -0.15) is 0 Å². The highest BCUT2D eigenvalue weighted by atomic mass is 16.5. The number of hydrogen-bond donors (Lipinski definition) is 1. The molecule has 0 spiro atoms. The number of nitrogens with zero attached hydrogens (tertiary/aromatic N) is 2. The Morgan fingerprint density at radius 3 is 2.57 bits per heavy atom. The summed E-state index contributed by atoms with van der Waals surface area (Å²) in [6.07, 6.45) is 5.05. The molecule has 1 heterocycles. The van der Waals surface area contributed by atoms with Crippen LogP contribution in [0.5, 0.6) is 5.75 Å².